The summed E-state index contributed by atoms with van der Waals surface area (Å²) in [4.78, 5) is 0.194. The van der Waals surface area contributed by atoms with Crippen molar-refractivity contribution in [1.82, 2.24) is 5.32 Å². The molecule has 0 amide bonds. The van der Waals surface area contributed by atoms with Crippen LogP contribution in [0.3, 0.4) is 0 Å². The third-order valence-corrected chi connectivity index (χ3v) is 5.44. The Balaban J connectivity index is 1.64. The highest BCUT2D eigenvalue weighted by Gasteiger charge is 2.38. The fourth-order valence-electron chi connectivity index (χ4n) is 3.58. The lowest BCUT2D eigenvalue weighted by Gasteiger charge is -2.23. The molecule has 1 aromatic rings. The Hall–Kier alpha value is -0.910. The fraction of sp³-hybridized carbons (Fsp3) is 0.571. The van der Waals surface area contributed by atoms with E-state index in [9.17, 15) is 8.42 Å². The Labute approximate surface area is 114 Å². The van der Waals surface area contributed by atoms with Gasteiger partial charge in [-0.25, -0.2) is 13.6 Å². The summed E-state index contributed by atoms with van der Waals surface area (Å²) in [6.45, 7) is 0.719. The van der Waals surface area contributed by atoms with Gasteiger partial charge in [-0.2, -0.15) is 0 Å². The molecule has 2 fully saturated rings. The molecule has 0 aliphatic heterocycles. The van der Waals surface area contributed by atoms with Gasteiger partial charge in [0.15, 0.2) is 0 Å². The number of hydrogen-bond donors (Lipinski definition) is 2. The minimum absolute atomic E-state index is 0.194. The van der Waals surface area contributed by atoms with Gasteiger partial charge in [0.1, 0.15) is 0 Å². The Morgan fingerprint density at radius 1 is 1.26 bits per heavy atom. The lowest BCUT2D eigenvalue weighted by atomic mass is 9.95. The Bertz CT molecular complexity index is 571. The Morgan fingerprint density at radius 2 is 2.11 bits per heavy atom. The summed E-state index contributed by atoms with van der Waals surface area (Å²) in [5.41, 5.74) is 0.981. The van der Waals surface area contributed by atoms with E-state index in [0.29, 0.717) is 6.04 Å². The highest BCUT2D eigenvalue weighted by Crippen LogP contribution is 2.44. The van der Waals surface area contributed by atoms with E-state index in [2.05, 4.69) is 5.32 Å². The van der Waals surface area contributed by atoms with Crippen molar-refractivity contribution in [3.05, 3.63) is 29.8 Å². The number of primary sulfonamides is 1. The molecule has 3 rings (SSSR count). The topological polar surface area (TPSA) is 72.2 Å². The highest BCUT2D eigenvalue weighted by atomic mass is 32.2. The molecule has 0 saturated heterocycles. The maximum atomic E-state index is 11.3. The molecule has 2 bridgehead atoms. The summed E-state index contributed by atoms with van der Waals surface area (Å²) in [6, 6.07) is 7.50. The van der Waals surface area contributed by atoms with Gasteiger partial charge in [0.2, 0.25) is 10.0 Å². The van der Waals surface area contributed by atoms with Crippen LogP contribution in [-0.2, 0) is 16.6 Å². The average Bonchev–Trinajstić information content (AvgIpc) is 2.98. The number of hydrogen-bond acceptors (Lipinski definition) is 3. The highest BCUT2D eigenvalue weighted by molar-refractivity contribution is 7.89. The first-order chi connectivity index (χ1) is 9.02. The molecule has 1 aromatic carbocycles. The third-order valence-electron chi connectivity index (χ3n) is 4.53. The second-order valence-corrected chi connectivity index (χ2v) is 7.42. The Kier molecular flexibility index (Phi) is 3.37. The largest absolute Gasteiger partial charge is 0.310 e. The molecule has 0 radical (unpaired) electrons. The van der Waals surface area contributed by atoms with E-state index in [1.54, 1.807) is 12.1 Å². The van der Waals surface area contributed by atoms with Crippen LogP contribution in [0.2, 0.25) is 0 Å². The van der Waals surface area contributed by atoms with E-state index in [4.69, 9.17) is 5.14 Å². The van der Waals surface area contributed by atoms with Gasteiger partial charge < -0.3 is 5.32 Å². The van der Waals surface area contributed by atoms with Gasteiger partial charge in [0.05, 0.1) is 4.90 Å². The number of nitrogens with two attached hydrogens (primary N) is 1. The molecule has 5 heteroatoms. The second kappa shape index (κ2) is 4.89. The minimum Gasteiger partial charge on any atom is -0.310 e. The molecule has 2 aliphatic rings. The molecule has 4 nitrogen and oxygen atoms in total. The molecule has 0 spiro atoms. The van der Waals surface area contributed by atoms with Gasteiger partial charge in [-0.3, -0.25) is 0 Å². The van der Waals surface area contributed by atoms with Crippen LogP contribution in [0.1, 0.15) is 31.2 Å². The molecule has 0 aromatic heterocycles. The van der Waals surface area contributed by atoms with Crippen molar-refractivity contribution in [3.8, 4) is 0 Å². The van der Waals surface area contributed by atoms with Crippen LogP contribution in [0.15, 0.2) is 29.2 Å². The zero-order chi connectivity index (χ0) is 13.5. The quantitative estimate of drug-likeness (QED) is 0.880. The second-order valence-electron chi connectivity index (χ2n) is 5.85. The molecule has 104 valence electrons. The zero-order valence-electron chi connectivity index (χ0n) is 10.9. The van der Waals surface area contributed by atoms with Crippen LogP contribution in [-0.4, -0.2) is 14.5 Å². The number of benzene rings is 1. The van der Waals surface area contributed by atoms with Crippen molar-refractivity contribution in [2.24, 2.45) is 17.0 Å². The first-order valence-electron chi connectivity index (χ1n) is 6.87. The lowest BCUT2D eigenvalue weighted by molar-refractivity contribution is 0.350. The summed E-state index contributed by atoms with van der Waals surface area (Å²) in [5, 5.41) is 8.72. The average molecular weight is 280 g/mol. The van der Waals surface area contributed by atoms with Crippen molar-refractivity contribution >= 4 is 10.0 Å². The zero-order valence-corrected chi connectivity index (χ0v) is 11.7. The van der Waals surface area contributed by atoms with Crippen LogP contribution in [0.4, 0.5) is 0 Å². The molecule has 2 aliphatic carbocycles. The van der Waals surface area contributed by atoms with E-state index < -0.39 is 10.0 Å². The van der Waals surface area contributed by atoms with E-state index in [0.717, 1.165) is 23.9 Å². The molecule has 3 atom stereocenters. The van der Waals surface area contributed by atoms with E-state index in [1.165, 1.54) is 31.7 Å². The summed E-state index contributed by atoms with van der Waals surface area (Å²) in [6.07, 6.45) is 5.39. The van der Waals surface area contributed by atoms with Gasteiger partial charge in [-0.15, -0.1) is 0 Å². The summed E-state index contributed by atoms with van der Waals surface area (Å²) < 4.78 is 22.6. The molecule has 2 saturated carbocycles. The monoisotopic (exact) mass is 280 g/mol. The SMILES string of the molecule is NS(=O)(=O)c1cccc(CNC2CC3CCC2C3)c1. The minimum atomic E-state index is -3.60. The third kappa shape index (κ3) is 2.83. The molecular formula is C14H20N2O2S. The van der Waals surface area contributed by atoms with Gasteiger partial charge in [-0.05, 0) is 48.8 Å². The Morgan fingerprint density at radius 3 is 2.74 bits per heavy atom. The van der Waals surface area contributed by atoms with Crippen LogP contribution < -0.4 is 10.5 Å². The number of rotatable bonds is 4. The van der Waals surface area contributed by atoms with Crippen LogP contribution in [0.5, 0.6) is 0 Å². The van der Waals surface area contributed by atoms with Gasteiger partial charge in [0, 0.05) is 12.6 Å². The maximum absolute atomic E-state index is 11.3. The van der Waals surface area contributed by atoms with Crippen molar-refractivity contribution in [1.29, 1.82) is 0 Å². The smallest absolute Gasteiger partial charge is 0.238 e. The van der Waals surface area contributed by atoms with Crippen molar-refractivity contribution in [2.75, 3.05) is 0 Å². The van der Waals surface area contributed by atoms with Gasteiger partial charge in [-0.1, -0.05) is 18.6 Å². The molecule has 3 N–H and O–H groups in total. The van der Waals surface area contributed by atoms with Gasteiger partial charge >= 0.3 is 0 Å². The van der Waals surface area contributed by atoms with Gasteiger partial charge in [0.25, 0.3) is 0 Å². The van der Waals surface area contributed by atoms with Crippen molar-refractivity contribution < 1.29 is 8.42 Å². The summed E-state index contributed by atoms with van der Waals surface area (Å²) in [5.74, 6) is 1.74. The maximum Gasteiger partial charge on any atom is 0.238 e. The van der Waals surface area contributed by atoms with E-state index >= 15 is 0 Å². The fourth-order valence-corrected chi connectivity index (χ4v) is 4.16. The molecule has 0 heterocycles. The molecule has 19 heavy (non-hydrogen) atoms. The summed E-state index contributed by atoms with van der Waals surface area (Å²) >= 11 is 0. The number of fused-ring (bicyclic) bond motifs is 2. The van der Waals surface area contributed by atoms with Crippen LogP contribution in [0.25, 0.3) is 0 Å². The number of sulfonamides is 1. The lowest BCUT2D eigenvalue weighted by Crippen LogP contribution is -2.33. The molecule has 3 unspecified atom stereocenters. The predicted octanol–water partition coefficient (Wildman–Crippen LogP) is 1.61. The molecular weight excluding hydrogens is 260 g/mol. The van der Waals surface area contributed by atoms with Crippen LogP contribution in [0, 0.1) is 11.8 Å². The summed E-state index contributed by atoms with van der Waals surface area (Å²) in [7, 11) is -3.60. The van der Waals surface area contributed by atoms with Crippen molar-refractivity contribution in [3.63, 3.8) is 0 Å². The first kappa shape index (κ1) is 13.1. The van der Waals surface area contributed by atoms with Crippen LogP contribution >= 0.6 is 0 Å². The van der Waals surface area contributed by atoms with E-state index in [-0.39, 0.29) is 4.90 Å². The van der Waals surface area contributed by atoms with E-state index in [1.807, 2.05) is 6.07 Å². The van der Waals surface area contributed by atoms with Crippen molar-refractivity contribution in [2.45, 2.75) is 43.2 Å². The normalized spacial score (nSPS) is 29.8. The predicted molar refractivity (Wildman–Crippen MR) is 73.9 cm³/mol. The first-order valence-corrected chi connectivity index (χ1v) is 8.42. The number of nitrogens with one attached hydrogen (secondary N) is 1. The standard InChI is InChI=1S/C14H20N2O2S/c15-19(17,18)13-3-1-2-11(7-13)9-16-14-8-10-4-5-12(14)6-10/h1-3,7,10,12,14,16H,4-6,8-9H2,(H2,15,17,18).